The van der Waals surface area contributed by atoms with Gasteiger partial charge in [-0.25, -0.2) is 9.97 Å². The van der Waals surface area contributed by atoms with Crippen LogP contribution in [0, 0.1) is 18.3 Å². The molecule has 4 rings (SSSR count). The second-order valence-electron chi connectivity index (χ2n) is 7.18. The lowest BCUT2D eigenvalue weighted by molar-refractivity contribution is 0.102. The largest absolute Gasteiger partial charge is 0.382 e. The van der Waals surface area contributed by atoms with Gasteiger partial charge in [-0.15, -0.1) is 0 Å². The second kappa shape index (κ2) is 9.94. The Bertz CT molecular complexity index is 1330. The summed E-state index contributed by atoms with van der Waals surface area (Å²) in [5.41, 5.74) is 10.5. The third-order valence-electron chi connectivity index (χ3n) is 4.78. The summed E-state index contributed by atoms with van der Waals surface area (Å²) in [4.78, 5) is 25.7. The number of nitrogen functional groups attached to an aromatic ring is 1. The fourth-order valence-electron chi connectivity index (χ4n) is 3.16. The van der Waals surface area contributed by atoms with Gasteiger partial charge in [0.2, 0.25) is 0 Å². The van der Waals surface area contributed by atoms with Crippen LogP contribution in [0.4, 0.5) is 11.5 Å². The fraction of sp³-hybridized carbons (Fsp3) is 0.0800. The lowest BCUT2D eigenvalue weighted by Crippen LogP contribution is -2.11. The first-order chi connectivity index (χ1) is 16.0. The van der Waals surface area contributed by atoms with E-state index in [9.17, 15) is 10.1 Å². The minimum absolute atomic E-state index is 0.128. The van der Waals surface area contributed by atoms with Crippen molar-refractivity contribution < 1.29 is 4.79 Å². The van der Waals surface area contributed by atoms with E-state index in [1.807, 2.05) is 43.3 Å². The summed E-state index contributed by atoms with van der Waals surface area (Å²) in [6, 6.07) is 24.0. The van der Waals surface area contributed by atoms with E-state index < -0.39 is 0 Å². The van der Waals surface area contributed by atoms with Crippen molar-refractivity contribution in [3.05, 3.63) is 95.3 Å². The van der Waals surface area contributed by atoms with Crippen LogP contribution in [0.15, 0.2) is 78.0 Å². The highest BCUT2D eigenvalue weighted by Gasteiger charge is 2.15. The van der Waals surface area contributed by atoms with Gasteiger partial charge < -0.3 is 11.1 Å². The summed E-state index contributed by atoms with van der Waals surface area (Å²) < 4.78 is 0. The van der Waals surface area contributed by atoms with Gasteiger partial charge in [0.15, 0.2) is 5.16 Å². The maximum atomic E-state index is 12.4. The Hall–Kier alpha value is -4.22. The van der Waals surface area contributed by atoms with Crippen LogP contribution in [-0.2, 0) is 5.75 Å². The van der Waals surface area contributed by atoms with Gasteiger partial charge in [-0.1, -0.05) is 48.2 Å². The van der Waals surface area contributed by atoms with Gasteiger partial charge in [0, 0.05) is 28.3 Å². The molecule has 2 aromatic carbocycles. The first-order valence-corrected chi connectivity index (χ1v) is 11.1. The fourth-order valence-corrected chi connectivity index (χ4v) is 3.92. The molecule has 0 saturated heterocycles. The average Bonchev–Trinajstić information content (AvgIpc) is 2.83. The number of thioether (sulfide) groups is 1. The van der Waals surface area contributed by atoms with E-state index in [2.05, 4.69) is 26.3 Å². The van der Waals surface area contributed by atoms with E-state index >= 15 is 0 Å². The SMILES string of the molecule is Cc1cccc(CSc2nc(N)c(C#N)c(-c3ccc(NC(=O)c4ccccc4)cc3)n2)n1. The number of benzene rings is 2. The number of nitrogens with zero attached hydrogens (tertiary/aromatic N) is 4. The number of hydrogen-bond donors (Lipinski definition) is 2. The molecule has 0 radical (unpaired) electrons. The number of nitrogens with two attached hydrogens (primary N) is 1. The van der Waals surface area contributed by atoms with E-state index in [0.717, 1.165) is 11.4 Å². The zero-order valence-corrected chi connectivity index (χ0v) is 18.6. The van der Waals surface area contributed by atoms with Crippen molar-refractivity contribution in [2.45, 2.75) is 17.8 Å². The molecular formula is C25H20N6OS. The predicted octanol–water partition coefficient (Wildman–Crippen LogP) is 4.85. The highest BCUT2D eigenvalue weighted by atomic mass is 32.2. The van der Waals surface area contributed by atoms with Crippen molar-refractivity contribution in [1.29, 1.82) is 5.26 Å². The van der Waals surface area contributed by atoms with Crippen molar-refractivity contribution in [3.63, 3.8) is 0 Å². The van der Waals surface area contributed by atoms with Crippen LogP contribution >= 0.6 is 11.8 Å². The predicted molar refractivity (Wildman–Crippen MR) is 130 cm³/mol. The Morgan fingerprint density at radius 2 is 1.76 bits per heavy atom. The molecule has 2 aromatic heterocycles. The van der Waals surface area contributed by atoms with Crippen LogP contribution in [0.5, 0.6) is 0 Å². The minimum atomic E-state index is -0.198. The number of aryl methyl sites for hydroxylation is 1. The van der Waals surface area contributed by atoms with Gasteiger partial charge in [0.05, 0.1) is 11.4 Å². The molecule has 0 spiro atoms. The zero-order chi connectivity index (χ0) is 23.2. The number of amides is 1. The van der Waals surface area contributed by atoms with Gasteiger partial charge >= 0.3 is 0 Å². The number of pyridine rings is 1. The van der Waals surface area contributed by atoms with Crippen molar-refractivity contribution in [1.82, 2.24) is 15.0 Å². The van der Waals surface area contributed by atoms with E-state index in [1.54, 1.807) is 36.4 Å². The number of hydrogen-bond acceptors (Lipinski definition) is 7. The molecule has 4 aromatic rings. The Labute approximate surface area is 195 Å². The number of carbonyl (C=O) groups excluding carboxylic acids is 1. The number of aromatic nitrogens is 3. The third kappa shape index (κ3) is 5.34. The number of nitriles is 1. The van der Waals surface area contributed by atoms with Gasteiger partial charge in [-0.2, -0.15) is 5.26 Å². The third-order valence-corrected chi connectivity index (χ3v) is 5.66. The van der Waals surface area contributed by atoms with Gasteiger partial charge in [0.25, 0.3) is 5.91 Å². The molecule has 162 valence electrons. The van der Waals surface area contributed by atoms with Crippen molar-refractivity contribution in [2.75, 3.05) is 11.1 Å². The first kappa shape index (κ1) is 22.0. The van der Waals surface area contributed by atoms with Gasteiger partial charge in [-0.3, -0.25) is 9.78 Å². The molecule has 0 unspecified atom stereocenters. The summed E-state index contributed by atoms with van der Waals surface area (Å²) in [6.07, 6.45) is 0. The standard InChI is InChI=1S/C25H20N6OS/c1-16-6-5-9-20(28-16)15-33-25-30-22(21(14-26)23(27)31-25)17-10-12-19(13-11-17)29-24(32)18-7-3-2-4-8-18/h2-13H,15H2,1H3,(H,29,32)(H2,27,30,31). The monoisotopic (exact) mass is 452 g/mol. The Balaban J connectivity index is 1.55. The van der Waals surface area contributed by atoms with E-state index in [0.29, 0.717) is 33.4 Å². The number of nitrogens with one attached hydrogen (secondary N) is 1. The van der Waals surface area contributed by atoms with E-state index in [1.165, 1.54) is 11.8 Å². The molecule has 7 nitrogen and oxygen atoms in total. The first-order valence-electron chi connectivity index (χ1n) is 10.1. The molecule has 0 atom stereocenters. The molecule has 0 aliphatic carbocycles. The lowest BCUT2D eigenvalue weighted by Gasteiger charge is -2.10. The van der Waals surface area contributed by atoms with Crippen LogP contribution < -0.4 is 11.1 Å². The van der Waals surface area contributed by atoms with Crippen LogP contribution in [0.2, 0.25) is 0 Å². The normalized spacial score (nSPS) is 10.4. The Kier molecular flexibility index (Phi) is 6.62. The van der Waals surface area contributed by atoms with Crippen LogP contribution in [0.25, 0.3) is 11.3 Å². The zero-order valence-electron chi connectivity index (χ0n) is 17.8. The maximum absolute atomic E-state index is 12.4. The molecule has 0 aliphatic heterocycles. The van der Waals surface area contributed by atoms with Gasteiger partial charge in [0.1, 0.15) is 17.5 Å². The summed E-state index contributed by atoms with van der Waals surface area (Å²) >= 11 is 1.40. The molecule has 1 amide bonds. The minimum Gasteiger partial charge on any atom is -0.382 e. The molecule has 0 fully saturated rings. The highest BCUT2D eigenvalue weighted by Crippen LogP contribution is 2.29. The molecular weight excluding hydrogens is 432 g/mol. The quantitative estimate of drug-likeness (QED) is 0.317. The second-order valence-corrected chi connectivity index (χ2v) is 8.13. The number of rotatable bonds is 6. The van der Waals surface area contributed by atoms with Crippen LogP contribution in [0.3, 0.4) is 0 Å². The van der Waals surface area contributed by atoms with E-state index in [4.69, 9.17) is 5.73 Å². The van der Waals surface area contributed by atoms with Crippen molar-refractivity contribution in [3.8, 4) is 17.3 Å². The smallest absolute Gasteiger partial charge is 0.255 e. The van der Waals surface area contributed by atoms with Crippen molar-refractivity contribution in [2.24, 2.45) is 0 Å². The average molecular weight is 453 g/mol. The molecule has 8 heteroatoms. The number of carbonyl (C=O) groups is 1. The topological polar surface area (TPSA) is 118 Å². The van der Waals surface area contributed by atoms with E-state index in [-0.39, 0.29) is 17.3 Å². The Morgan fingerprint density at radius 3 is 2.45 bits per heavy atom. The van der Waals surface area contributed by atoms with Crippen molar-refractivity contribution >= 4 is 29.2 Å². The summed E-state index contributed by atoms with van der Waals surface area (Å²) in [6.45, 7) is 1.94. The lowest BCUT2D eigenvalue weighted by atomic mass is 10.1. The molecule has 33 heavy (non-hydrogen) atoms. The molecule has 2 heterocycles. The number of anilines is 2. The van der Waals surface area contributed by atoms with Gasteiger partial charge in [-0.05, 0) is 43.3 Å². The Morgan fingerprint density at radius 1 is 1.00 bits per heavy atom. The highest BCUT2D eigenvalue weighted by molar-refractivity contribution is 7.98. The van der Waals surface area contributed by atoms with Crippen LogP contribution in [-0.4, -0.2) is 20.9 Å². The molecule has 0 saturated carbocycles. The molecule has 3 N–H and O–H groups in total. The molecule has 0 bridgehead atoms. The summed E-state index contributed by atoms with van der Waals surface area (Å²) in [7, 11) is 0. The molecule has 0 aliphatic rings. The summed E-state index contributed by atoms with van der Waals surface area (Å²) in [5, 5.41) is 12.9. The van der Waals surface area contributed by atoms with Crippen LogP contribution in [0.1, 0.15) is 27.3 Å². The summed E-state index contributed by atoms with van der Waals surface area (Å²) in [5.74, 6) is 0.510. The maximum Gasteiger partial charge on any atom is 0.255 e.